The number of likely N-dealkylation sites (N-methyl/N-ethyl adjacent to an activating group) is 1. The van der Waals surface area contributed by atoms with Gasteiger partial charge >= 0.3 is 0 Å². The molecule has 0 heterocycles. The Labute approximate surface area is 115 Å². The van der Waals surface area contributed by atoms with E-state index >= 15 is 0 Å². The molecule has 1 atom stereocenters. The molecule has 0 amide bonds. The summed E-state index contributed by atoms with van der Waals surface area (Å²) < 4.78 is 0. The second-order valence-corrected chi connectivity index (χ2v) is 4.99. The molecule has 0 aliphatic carbocycles. The molecular weight excluding hydrogens is 234 g/mol. The lowest BCUT2D eigenvalue weighted by molar-refractivity contribution is 0.264. The zero-order valence-corrected chi connectivity index (χ0v) is 11.6. The average Bonchev–Trinajstić information content (AvgIpc) is 2.45. The van der Waals surface area contributed by atoms with Gasteiger partial charge in [0, 0.05) is 12.6 Å². The number of aromatic hydroxyl groups is 1. The van der Waals surface area contributed by atoms with Crippen LogP contribution in [0.2, 0.25) is 0 Å². The largest absolute Gasteiger partial charge is 0.508 e. The monoisotopic (exact) mass is 255 g/mol. The number of nitrogens with zero attached hydrogens (tertiary/aromatic N) is 1. The van der Waals surface area contributed by atoms with Gasteiger partial charge in [-0.05, 0) is 43.7 Å². The first-order chi connectivity index (χ1) is 9.16. The van der Waals surface area contributed by atoms with Crippen LogP contribution in [0, 0.1) is 0 Å². The van der Waals surface area contributed by atoms with Crippen LogP contribution in [-0.2, 0) is 6.42 Å². The smallest absolute Gasteiger partial charge is 0.115 e. The fourth-order valence-electron chi connectivity index (χ4n) is 2.18. The Kier molecular flexibility index (Phi) is 4.58. The summed E-state index contributed by atoms with van der Waals surface area (Å²) in [7, 11) is 2.12. The van der Waals surface area contributed by atoms with Crippen molar-refractivity contribution in [2.24, 2.45) is 0 Å². The molecule has 0 aliphatic heterocycles. The molecule has 0 saturated heterocycles. The van der Waals surface area contributed by atoms with Crippen molar-refractivity contribution in [3.8, 4) is 5.75 Å². The van der Waals surface area contributed by atoms with Crippen LogP contribution < -0.4 is 0 Å². The van der Waals surface area contributed by atoms with E-state index < -0.39 is 0 Å². The molecule has 0 spiro atoms. The summed E-state index contributed by atoms with van der Waals surface area (Å²) in [5.41, 5.74) is 2.51. The molecule has 0 aliphatic rings. The second kappa shape index (κ2) is 6.39. The molecule has 19 heavy (non-hydrogen) atoms. The minimum Gasteiger partial charge on any atom is -0.508 e. The van der Waals surface area contributed by atoms with Crippen molar-refractivity contribution < 1.29 is 5.11 Å². The van der Waals surface area contributed by atoms with Crippen molar-refractivity contribution in [2.45, 2.75) is 19.4 Å². The van der Waals surface area contributed by atoms with Gasteiger partial charge in [0.05, 0.1) is 0 Å². The zero-order valence-electron chi connectivity index (χ0n) is 11.6. The molecule has 0 radical (unpaired) electrons. The van der Waals surface area contributed by atoms with Crippen molar-refractivity contribution >= 4 is 0 Å². The number of phenolic OH excluding ortho intramolecular Hbond substituents is 1. The van der Waals surface area contributed by atoms with Crippen LogP contribution in [0.5, 0.6) is 5.75 Å². The molecule has 2 aromatic rings. The number of rotatable bonds is 5. The maximum Gasteiger partial charge on any atom is 0.115 e. The topological polar surface area (TPSA) is 23.5 Å². The van der Waals surface area contributed by atoms with Crippen LogP contribution in [-0.4, -0.2) is 23.6 Å². The Bertz CT molecular complexity index is 510. The first-order valence-electron chi connectivity index (χ1n) is 6.70. The quantitative estimate of drug-likeness (QED) is 0.882. The summed E-state index contributed by atoms with van der Waals surface area (Å²) >= 11 is 0. The summed E-state index contributed by atoms with van der Waals surface area (Å²) in [6, 6.07) is 18.3. The molecule has 0 fully saturated rings. The van der Waals surface area contributed by atoms with Crippen LogP contribution in [0.4, 0.5) is 0 Å². The molecule has 100 valence electrons. The minimum absolute atomic E-state index is 0.302. The van der Waals surface area contributed by atoms with Crippen molar-refractivity contribution in [2.75, 3.05) is 13.6 Å². The van der Waals surface area contributed by atoms with E-state index in [2.05, 4.69) is 49.2 Å². The fourth-order valence-corrected chi connectivity index (χ4v) is 2.18. The molecule has 2 heteroatoms. The lowest BCUT2D eigenvalue weighted by Gasteiger charge is -2.25. The molecule has 2 rings (SSSR count). The highest BCUT2D eigenvalue weighted by Gasteiger charge is 2.11. The molecule has 0 bridgehead atoms. The van der Waals surface area contributed by atoms with Crippen LogP contribution in [0.1, 0.15) is 24.1 Å². The van der Waals surface area contributed by atoms with Crippen LogP contribution >= 0.6 is 0 Å². The summed E-state index contributed by atoms with van der Waals surface area (Å²) in [5, 5.41) is 9.53. The highest BCUT2D eigenvalue weighted by atomic mass is 16.3. The van der Waals surface area contributed by atoms with Gasteiger partial charge in [-0.3, -0.25) is 4.90 Å². The van der Waals surface area contributed by atoms with Crippen molar-refractivity contribution in [3.63, 3.8) is 0 Å². The van der Waals surface area contributed by atoms with Gasteiger partial charge in [0.1, 0.15) is 5.75 Å². The molecule has 2 nitrogen and oxygen atoms in total. The van der Waals surface area contributed by atoms with Crippen molar-refractivity contribution in [1.82, 2.24) is 4.90 Å². The SMILES string of the molecule is CC(c1cccc(O)c1)N(C)CCc1ccccc1. The van der Waals surface area contributed by atoms with Gasteiger partial charge in [0.25, 0.3) is 0 Å². The third-order valence-electron chi connectivity index (χ3n) is 3.61. The van der Waals surface area contributed by atoms with Gasteiger partial charge in [-0.2, -0.15) is 0 Å². The lowest BCUT2D eigenvalue weighted by Crippen LogP contribution is -2.24. The summed E-state index contributed by atoms with van der Waals surface area (Å²) in [6.07, 6.45) is 1.04. The summed E-state index contributed by atoms with van der Waals surface area (Å²) in [4.78, 5) is 2.31. The maximum atomic E-state index is 9.53. The summed E-state index contributed by atoms with van der Waals surface area (Å²) in [5.74, 6) is 0.334. The summed E-state index contributed by atoms with van der Waals surface area (Å²) in [6.45, 7) is 3.17. The van der Waals surface area contributed by atoms with Gasteiger partial charge in [-0.15, -0.1) is 0 Å². The van der Waals surface area contributed by atoms with Gasteiger partial charge < -0.3 is 5.11 Å². The highest BCUT2D eigenvalue weighted by molar-refractivity contribution is 5.29. The standard InChI is InChI=1S/C17H21NO/c1-14(16-9-6-10-17(19)13-16)18(2)12-11-15-7-4-3-5-8-15/h3-10,13-14,19H,11-12H2,1-2H3. The third-order valence-corrected chi connectivity index (χ3v) is 3.61. The molecule has 0 saturated carbocycles. The van der Waals surface area contributed by atoms with E-state index in [9.17, 15) is 5.11 Å². The molecule has 2 aromatic carbocycles. The predicted molar refractivity (Wildman–Crippen MR) is 79.3 cm³/mol. The maximum absolute atomic E-state index is 9.53. The third kappa shape index (κ3) is 3.83. The fraction of sp³-hybridized carbons (Fsp3) is 0.294. The van der Waals surface area contributed by atoms with E-state index in [0.717, 1.165) is 18.5 Å². The Morgan fingerprint density at radius 3 is 2.47 bits per heavy atom. The zero-order chi connectivity index (χ0) is 13.7. The number of hydrogen-bond donors (Lipinski definition) is 1. The van der Waals surface area contributed by atoms with E-state index in [1.165, 1.54) is 5.56 Å². The Morgan fingerprint density at radius 2 is 1.79 bits per heavy atom. The number of benzene rings is 2. The molecule has 1 N–H and O–H groups in total. The average molecular weight is 255 g/mol. The van der Waals surface area contributed by atoms with Gasteiger partial charge in [-0.1, -0.05) is 42.5 Å². The molecule has 1 unspecified atom stereocenters. The van der Waals surface area contributed by atoms with Crippen LogP contribution in [0.15, 0.2) is 54.6 Å². The lowest BCUT2D eigenvalue weighted by atomic mass is 10.1. The molecular formula is C17H21NO. The molecule has 0 aromatic heterocycles. The van der Waals surface area contributed by atoms with Crippen molar-refractivity contribution in [1.29, 1.82) is 0 Å². The predicted octanol–water partition coefficient (Wildman–Crippen LogP) is 3.63. The van der Waals surface area contributed by atoms with Crippen LogP contribution in [0.25, 0.3) is 0 Å². The minimum atomic E-state index is 0.302. The Balaban J connectivity index is 1.94. The normalized spacial score (nSPS) is 12.6. The van der Waals surface area contributed by atoms with E-state index in [1.54, 1.807) is 6.07 Å². The number of hydrogen-bond acceptors (Lipinski definition) is 2. The van der Waals surface area contributed by atoms with E-state index in [-0.39, 0.29) is 0 Å². The van der Waals surface area contributed by atoms with Gasteiger partial charge in [-0.25, -0.2) is 0 Å². The van der Waals surface area contributed by atoms with Gasteiger partial charge in [0.15, 0.2) is 0 Å². The Hall–Kier alpha value is -1.80. The second-order valence-electron chi connectivity index (χ2n) is 4.99. The highest BCUT2D eigenvalue weighted by Crippen LogP contribution is 2.22. The first-order valence-corrected chi connectivity index (χ1v) is 6.70. The van der Waals surface area contributed by atoms with E-state index in [0.29, 0.717) is 11.8 Å². The van der Waals surface area contributed by atoms with Gasteiger partial charge in [0.2, 0.25) is 0 Å². The van der Waals surface area contributed by atoms with Crippen LogP contribution in [0.3, 0.4) is 0 Å². The van der Waals surface area contributed by atoms with E-state index in [4.69, 9.17) is 0 Å². The van der Waals surface area contributed by atoms with E-state index in [1.807, 2.05) is 18.2 Å². The number of phenols is 1. The van der Waals surface area contributed by atoms with Crippen molar-refractivity contribution in [3.05, 3.63) is 65.7 Å². The Morgan fingerprint density at radius 1 is 1.05 bits per heavy atom. The first kappa shape index (κ1) is 13.6.